The molecule has 3 aromatic rings. The van der Waals surface area contributed by atoms with Crippen LogP contribution in [0, 0.1) is 16.3 Å². The number of pyridine rings is 1. The third-order valence-electron chi connectivity index (χ3n) is 7.51. The molecule has 3 aliphatic rings. The van der Waals surface area contributed by atoms with Crippen LogP contribution in [0.3, 0.4) is 0 Å². The van der Waals surface area contributed by atoms with Crippen molar-refractivity contribution >= 4 is 67.5 Å². The van der Waals surface area contributed by atoms with Crippen LogP contribution in [-0.4, -0.2) is 37.0 Å². The van der Waals surface area contributed by atoms with Gasteiger partial charge in [-0.1, -0.05) is 17.7 Å². The molecule has 3 aliphatic carbocycles. The minimum Gasteiger partial charge on any atom is -0.454 e. The number of carbonyl (C=O) groups excluding carboxylic acids is 1. The zero-order valence-corrected chi connectivity index (χ0v) is 27.1. The SMILES string of the molecule is Cc1c(Oc2cccc(N(C3CC3)S(=O)(=O)NC3CC3)c2Cl)c(C(=O)NC2CC2)c(Nc2ccc(I)cc2F)n(C)c1=O. The third-order valence-corrected chi connectivity index (χ3v) is 10.2. The highest BCUT2D eigenvalue weighted by atomic mass is 127. The second-order valence-corrected chi connectivity index (χ2v) is 14.4. The Hall–Kier alpha value is -2.88. The first-order chi connectivity index (χ1) is 20.4. The van der Waals surface area contributed by atoms with Gasteiger partial charge >= 0.3 is 10.2 Å². The van der Waals surface area contributed by atoms with E-state index in [-0.39, 0.29) is 63.0 Å². The lowest BCUT2D eigenvalue weighted by molar-refractivity contribution is 0.0948. The van der Waals surface area contributed by atoms with Gasteiger partial charge in [0, 0.05) is 28.7 Å². The molecule has 0 unspecified atom stereocenters. The van der Waals surface area contributed by atoms with Crippen molar-refractivity contribution < 1.29 is 22.3 Å². The molecule has 3 fully saturated rings. The number of carbonyl (C=O) groups is 1. The summed E-state index contributed by atoms with van der Waals surface area (Å²) < 4.78 is 53.8. The van der Waals surface area contributed by atoms with Crippen LogP contribution >= 0.6 is 34.2 Å². The maximum atomic E-state index is 14.9. The van der Waals surface area contributed by atoms with Crippen molar-refractivity contribution in [3.05, 3.63) is 72.3 Å². The first kappa shape index (κ1) is 30.2. The minimum atomic E-state index is -3.88. The zero-order chi connectivity index (χ0) is 30.6. The Kier molecular flexibility index (Phi) is 8.11. The van der Waals surface area contributed by atoms with Crippen LogP contribution in [0.2, 0.25) is 5.02 Å². The largest absolute Gasteiger partial charge is 0.454 e. The van der Waals surface area contributed by atoms with Gasteiger partial charge in [-0.15, -0.1) is 0 Å². The monoisotopic (exact) mass is 741 g/mol. The first-order valence-electron chi connectivity index (χ1n) is 14.0. The first-order valence-corrected chi connectivity index (χ1v) is 16.9. The second-order valence-electron chi connectivity index (χ2n) is 11.2. The molecule has 10 nitrogen and oxygen atoms in total. The smallest absolute Gasteiger partial charge is 0.302 e. The molecule has 6 rings (SSSR count). The summed E-state index contributed by atoms with van der Waals surface area (Å²) in [7, 11) is -2.39. The van der Waals surface area contributed by atoms with Crippen molar-refractivity contribution in [3.63, 3.8) is 0 Å². The molecule has 228 valence electrons. The van der Waals surface area contributed by atoms with E-state index in [9.17, 15) is 22.4 Å². The highest BCUT2D eigenvalue weighted by Crippen LogP contribution is 2.44. The Labute approximate surface area is 267 Å². The lowest BCUT2D eigenvalue weighted by Crippen LogP contribution is -2.43. The number of hydrogen-bond acceptors (Lipinski definition) is 6. The molecule has 3 saturated carbocycles. The lowest BCUT2D eigenvalue weighted by Gasteiger charge is -2.26. The average Bonchev–Trinajstić information content (AvgIpc) is 3.78. The number of halogens is 3. The Morgan fingerprint density at radius 1 is 1.12 bits per heavy atom. The highest BCUT2D eigenvalue weighted by molar-refractivity contribution is 14.1. The average molecular weight is 742 g/mol. The van der Waals surface area contributed by atoms with Crippen LogP contribution in [0.25, 0.3) is 0 Å². The van der Waals surface area contributed by atoms with E-state index in [0.717, 1.165) is 25.7 Å². The Balaban J connectivity index is 1.45. The van der Waals surface area contributed by atoms with E-state index in [2.05, 4.69) is 15.4 Å². The molecule has 14 heteroatoms. The van der Waals surface area contributed by atoms with Crippen LogP contribution < -0.4 is 30.0 Å². The van der Waals surface area contributed by atoms with Crippen LogP contribution in [0.15, 0.2) is 41.2 Å². The summed E-state index contributed by atoms with van der Waals surface area (Å²) in [5, 5.41) is 5.88. The molecule has 0 saturated heterocycles. The van der Waals surface area contributed by atoms with E-state index in [1.165, 1.54) is 35.0 Å². The second kappa shape index (κ2) is 11.6. The maximum absolute atomic E-state index is 14.9. The van der Waals surface area contributed by atoms with E-state index < -0.39 is 27.5 Å². The number of nitrogens with one attached hydrogen (secondary N) is 3. The molecule has 43 heavy (non-hydrogen) atoms. The standard InChI is InChI=1S/C29H30ClFIN5O5S/c1-15-26(42-23-5-3-4-22(25(23)30)37(19-11-12-19)43(40,41)35-18-9-10-18)24(28(38)33-17-7-8-17)27(36(2)29(15)39)34-21-13-6-16(32)14-20(21)31/h3-6,13-14,17-19,34-35H,7-12H2,1-2H3,(H,33,38). The van der Waals surface area contributed by atoms with Crippen molar-refractivity contribution in [2.45, 2.75) is 63.6 Å². The van der Waals surface area contributed by atoms with E-state index in [1.807, 2.05) is 22.6 Å². The summed E-state index contributed by atoms with van der Waals surface area (Å²) in [6, 6.07) is 8.95. The van der Waals surface area contributed by atoms with Gasteiger partial charge in [-0.2, -0.15) is 13.1 Å². The van der Waals surface area contributed by atoms with Crippen LogP contribution in [0.1, 0.15) is 54.4 Å². The lowest BCUT2D eigenvalue weighted by atomic mass is 10.1. The molecule has 1 amide bonds. The summed E-state index contributed by atoms with van der Waals surface area (Å²) in [6.07, 6.45) is 4.58. The maximum Gasteiger partial charge on any atom is 0.302 e. The highest BCUT2D eigenvalue weighted by Gasteiger charge is 2.41. The van der Waals surface area contributed by atoms with Gasteiger partial charge in [-0.05, 0) is 98.4 Å². The molecule has 0 spiro atoms. The number of amides is 1. The number of aromatic nitrogens is 1. The number of nitrogens with zero attached hydrogens (tertiary/aromatic N) is 2. The molecular weight excluding hydrogens is 712 g/mol. The summed E-state index contributed by atoms with van der Waals surface area (Å²) in [4.78, 5) is 27.1. The van der Waals surface area contributed by atoms with Crippen LogP contribution in [0.4, 0.5) is 21.6 Å². The molecule has 0 radical (unpaired) electrons. The topological polar surface area (TPSA) is 122 Å². The molecule has 1 heterocycles. The van der Waals surface area contributed by atoms with Gasteiger partial charge in [-0.3, -0.25) is 18.5 Å². The fourth-order valence-corrected chi connectivity index (χ4v) is 7.30. The normalized spacial score (nSPS) is 16.6. The van der Waals surface area contributed by atoms with Gasteiger partial charge in [0.05, 0.1) is 16.9 Å². The van der Waals surface area contributed by atoms with Crippen molar-refractivity contribution in [2.24, 2.45) is 7.05 Å². The van der Waals surface area contributed by atoms with Crippen molar-refractivity contribution in [1.82, 2.24) is 14.6 Å². The molecule has 0 bridgehead atoms. The number of benzene rings is 2. The van der Waals surface area contributed by atoms with Gasteiger partial charge in [-0.25, -0.2) is 4.39 Å². The number of anilines is 3. The summed E-state index contributed by atoms with van der Waals surface area (Å²) in [6.45, 7) is 1.53. The molecule has 2 aromatic carbocycles. The number of hydrogen-bond donors (Lipinski definition) is 3. The van der Waals surface area contributed by atoms with E-state index in [4.69, 9.17) is 16.3 Å². The molecule has 1 aromatic heterocycles. The van der Waals surface area contributed by atoms with Crippen LogP contribution in [-0.2, 0) is 17.3 Å². The Bertz CT molecular complexity index is 1790. The van der Waals surface area contributed by atoms with Gasteiger partial charge in [0.2, 0.25) is 0 Å². The predicted molar refractivity (Wildman–Crippen MR) is 171 cm³/mol. The molecule has 3 N–H and O–H groups in total. The number of ether oxygens (including phenoxy) is 1. The third kappa shape index (κ3) is 6.35. The van der Waals surface area contributed by atoms with Gasteiger partial charge in [0.1, 0.15) is 28.0 Å². The van der Waals surface area contributed by atoms with Gasteiger partial charge < -0.3 is 15.4 Å². The van der Waals surface area contributed by atoms with E-state index >= 15 is 0 Å². The predicted octanol–water partition coefficient (Wildman–Crippen LogP) is 5.48. The summed E-state index contributed by atoms with van der Waals surface area (Å²) >= 11 is 8.82. The minimum absolute atomic E-state index is 0.00649. The molecular formula is C29H30ClFIN5O5S. The van der Waals surface area contributed by atoms with Crippen molar-refractivity contribution in [3.8, 4) is 11.5 Å². The van der Waals surface area contributed by atoms with Crippen molar-refractivity contribution in [2.75, 3.05) is 9.62 Å². The fourth-order valence-electron chi connectivity index (χ4n) is 4.76. The van der Waals surface area contributed by atoms with Gasteiger partial charge in [0.15, 0.2) is 5.75 Å². The fraction of sp³-hybridized carbons (Fsp3) is 0.379. The Morgan fingerprint density at radius 3 is 2.44 bits per heavy atom. The summed E-state index contributed by atoms with van der Waals surface area (Å²) in [5.41, 5.74) is -0.0538. The molecule has 0 aliphatic heterocycles. The Morgan fingerprint density at radius 2 is 1.81 bits per heavy atom. The molecule has 0 atom stereocenters. The van der Waals surface area contributed by atoms with E-state index in [1.54, 1.807) is 24.3 Å². The number of rotatable bonds is 11. The van der Waals surface area contributed by atoms with Crippen LogP contribution in [0.5, 0.6) is 11.5 Å². The summed E-state index contributed by atoms with van der Waals surface area (Å²) in [5.74, 6) is -1.03. The van der Waals surface area contributed by atoms with Crippen molar-refractivity contribution in [1.29, 1.82) is 0 Å². The van der Waals surface area contributed by atoms with Gasteiger partial charge in [0.25, 0.3) is 11.5 Å². The quantitative estimate of drug-likeness (QED) is 0.224. The van der Waals surface area contributed by atoms with E-state index in [0.29, 0.717) is 16.4 Å². The zero-order valence-electron chi connectivity index (χ0n) is 23.4.